The summed E-state index contributed by atoms with van der Waals surface area (Å²) in [4.78, 5) is 0. The fourth-order valence-corrected chi connectivity index (χ4v) is 8.29. The van der Waals surface area contributed by atoms with Crippen molar-refractivity contribution >= 4 is 13.3 Å². The van der Waals surface area contributed by atoms with Gasteiger partial charge in [-0.25, -0.2) is 0 Å². The van der Waals surface area contributed by atoms with Crippen LogP contribution in [0.2, 0.25) is 19.6 Å². The number of fused-ring (bicyclic) bond motifs is 10. The zero-order chi connectivity index (χ0) is 24.7. The Balaban J connectivity index is 1.64. The van der Waals surface area contributed by atoms with Crippen molar-refractivity contribution in [3.05, 3.63) is 126 Å². The molecular formula is C33H30N2Si+2. The first-order valence-corrected chi connectivity index (χ1v) is 16.3. The van der Waals surface area contributed by atoms with Gasteiger partial charge in [0.15, 0.2) is 12.4 Å². The van der Waals surface area contributed by atoms with Gasteiger partial charge in [-0.15, -0.1) is 9.13 Å². The summed E-state index contributed by atoms with van der Waals surface area (Å²) in [5.74, 6) is 0. The molecule has 3 aromatic carbocycles. The van der Waals surface area contributed by atoms with Crippen molar-refractivity contribution in [3.8, 4) is 33.6 Å². The molecular weight excluding hydrogens is 452 g/mol. The third kappa shape index (κ3) is 2.72. The van der Waals surface area contributed by atoms with Gasteiger partial charge in [0.05, 0.1) is 19.2 Å². The number of pyridine rings is 2. The Labute approximate surface area is 214 Å². The third-order valence-electron chi connectivity index (χ3n) is 8.02. The zero-order valence-corrected chi connectivity index (χ0v) is 22.3. The van der Waals surface area contributed by atoms with Gasteiger partial charge in [-0.1, -0.05) is 68.2 Å². The molecule has 0 bridgehead atoms. The van der Waals surface area contributed by atoms with Crippen molar-refractivity contribution in [1.82, 2.24) is 0 Å². The lowest BCUT2D eigenvalue weighted by Gasteiger charge is -2.21. The molecule has 0 saturated carbocycles. The minimum atomic E-state index is -1.57. The fraction of sp³-hybridized carbons (Fsp3) is 0.152. The highest BCUT2D eigenvalue weighted by Crippen LogP contribution is 2.47. The average Bonchev–Trinajstić information content (AvgIpc) is 3.34. The maximum Gasteiger partial charge on any atom is 0.417 e. The molecule has 36 heavy (non-hydrogen) atoms. The number of rotatable bonds is 2. The second-order valence-electron chi connectivity index (χ2n) is 11.2. The average molecular weight is 483 g/mol. The number of hydrogen-bond acceptors (Lipinski definition) is 0. The van der Waals surface area contributed by atoms with Crippen molar-refractivity contribution < 1.29 is 9.13 Å². The molecule has 0 fully saturated rings. The van der Waals surface area contributed by atoms with Crippen molar-refractivity contribution in [2.75, 3.05) is 0 Å². The molecule has 0 amide bonds. The van der Waals surface area contributed by atoms with Crippen LogP contribution >= 0.6 is 0 Å². The lowest BCUT2D eigenvalue weighted by atomic mass is 9.88. The standard InChI is InChI=1S/C33H30N2Si/c1-23-20-31-27-21-25(24-12-6-5-7-13-24)17-18-29(27)33(35(31)22-32(23)36(2,3)4)28-15-9-8-14-26(28)30-16-10-11-19-34(30)33/h5-22H,1-4H3/q+2. The smallest absolute Gasteiger partial charge is 0.126 e. The molecule has 3 heteroatoms. The molecule has 5 aromatic rings. The van der Waals surface area contributed by atoms with Crippen molar-refractivity contribution in [2.24, 2.45) is 0 Å². The second-order valence-corrected chi connectivity index (χ2v) is 16.2. The summed E-state index contributed by atoms with van der Waals surface area (Å²) >= 11 is 0. The van der Waals surface area contributed by atoms with Crippen LogP contribution in [0.15, 0.2) is 109 Å². The Morgan fingerprint density at radius 1 is 0.611 bits per heavy atom. The van der Waals surface area contributed by atoms with E-state index in [0.29, 0.717) is 0 Å². The highest BCUT2D eigenvalue weighted by atomic mass is 28.3. The first-order valence-electron chi connectivity index (χ1n) is 12.8. The monoisotopic (exact) mass is 482 g/mol. The van der Waals surface area contributed by atoms with E-state index in [1.54, 1.807) is 0 Å². The van der Waals surface area contributed by atoms with Crippen molar-refractivity contribution in [1.29, 1.82) is 0 Å². The maximum atomic E-state index is 2.59. The Hall–Kier alpha value is -3.82. The van der Waals surface area contributed by atoms with E-state index in [2.05, 4.69) is 145 Å². The van der Waals surface area contributed by atoms with Crippen LogP contribution in [0, 0.1) is 6.92 Å². The van der Waals surface area contributed by atoms with Gasteiger partial charge in [0.1, 0.15) is 11.1 Å². The maximum absolute atomic E-state index is 2.59. The molecule has 0 radical (unpaired) electrons. The van der Waals surface area contributed by atoms with E-state index in [-0.39, 0.29) is 0 Å². The molecule has 2 aliphatic heterocycles. The van der Waals surface area contributed by atoms with Crippen molar-refractivity contribution in [3.63, 3.8) is 0 Å². The molecule has 2 nitrogen and oxygen atoms in total. The molecule has 174 valence electrons. The molecule has 1 unspecified atom stereocenters. The quantitative estimate of drug-likeness (QED) is 0.210. The van der Waals surface area contributed by atoms with Gasteiger partial charge in [0.25, 0.3) is 0 Å². The second kappa shape index (κ2) is 7.34. The van der Waals surface area contributed by atoms with Crippen LogP contribution in [0.25, 0.3) is 33.6 Å². The molecule has 2 aromatic heterocycles. The van der Waals surface area contributed by atoms with Gasteiger partial charge >= 0.3 is 5.66 Å². The lowest BCUT2D eigenvalue weighted by molar-refractivity contribution is -0.954. The Bertz CT molecular complexity index is 1630. The molecule has 0 aliphatic carbocycles. The molecule has 2 aliphatic rings. The highest BCUT2D eigenvalue weighted by molar-refractivity contribution is 6.88. The van der Waals surface area contributed by atoms with Gasteiger partial charge < -0.3 is 0 Å². The van der Waals surface area contributed by atoms with Crippen LogP contribution in [0.5, 0.6) is 0 Å². The Morgan fingerprint density at radius 2 is 1.33 bits per heavy atom. The molecule has 4 heterocycles. The fourth-order valence-electron chi connectivity index (χ4n) is 6.52. The van der Waals surface area contributed by atoms with E-state index >= 15 is 0 Å². The van der Waals surface area contributed by atoms with Crippen LogP contribution in [0.4, 0.5) is 0 Å². The topological polar surface area (TPSA) is 7.76 Å². The third-order valence-corrected chi connectivity index (χ3v) is 10.2. The normalized spacial score (nSPS) is 17.0. The molecule has 0 N–H and O–H groups in total. The number of hydrogen-bond donors (Lipinski definition) is 0. The summed E-state index contributed by atoms with van der Waals surface area (Å²) in [7, 11) is -1.57. The van der Waals surface area contributed by atoms with E-state index < -0.39 is 13.7 Å². The Kier molecular flexibility index (Phi) is 4.38. The van der Waals surface area contributed by atoms with Crippen LogP contribution in [-0.4, -0.2) is 8.07 Å². The summed E-state index contributed by atoms with van der Waals surface area (Å²) in [6, 6.07) is 35.8. The minimum absolute atomic E-state index is 0.435. The first kappa shape index (κ1) is 21.5. The lowest BCUT2D eigenvalue weighted by Crippen LogP contribution is -2.72. The molecule has 1 spiro atoms. The summed E-state index contributed by atoms with van der Waals surface area (Å²) in [6.45, 7) is 9.65. The van der Waals surface area contributed by atoms with Gasteiger partial charge in [0, 0.05) is 23.4 Å². The summed E-state index contributed by atoms with van der Waals surface area (Å²) in [5.41, 5.74) is 11.4. The first-order chi connectivity index (χ1) is 17.4. The van der Waals surface area contributed by atoms with E-state index in [4.69, 9.17) is 0 Å². The van der Waals surface area contributed by atoms with Gasteiger partial charge in [-0.3, -0.25) is 0 Å². The van der Waals surface area contributed by atoms with Gasteiger partial charge in [0.2, 0.25) is 11.4 Å². The van der Waals surface area contributed by atoms with E-state index in [1.165, 1.54) is 55.5 Å². The number of nitrogens with zero attached hydrogens (tertiary/aromatic N) is 2. The SMILES string of the molecule is Cc1cc2[n+](cc1[Si](C)(C)C)C1(c3ccccc3-c3cccc[n+]31)c1ccc(-c3ccccc3)cc1-2. The zero-order valence-electron chi connectivity index (χ0n) is 21.3. The summed E-state index contributed by atoms with van der Waals surface area (Å²) < 4.78 is 5.08. The Morgan fingerprint density at radius 3 is 2.14 bits per heavy atom. The van der Waals surface area contributed by atoms with E-state index in [9.17, 15) is 0 Å². The predicted octanol–water partition coefficient (Wildman–Crippen LogP) is 6.04. The van der Waals surface area contributed by atoms with E-state index in [1.807, 2.05) is 0 Å². The summed E-state index contributed by atoms with van der Waals surface area (Å²) in [5, 5.41) is 1.52. The van der Waals surface area contributed by atoms with Crippen LogP contribution in [-0.2, 0) is 5.66 Å². The number of aromatic nitrogens is 2. The van der Waals surface area contributed by atoms with Gasteiger partial charge in [-0.2, -0.15) is 0 Å². The van der Waals surface area contributed by atoms with Crippen molar-refractivity contribution in [2.45, 2.75) is 32.2 Å². The largest absolute Gasteiger partial charge is 0.417 e. The van der Waals surface area contributed by atoms with Crippen LogP contribution in [0.1, 0.15) is 16.7 Å². The van der Waals surface area contributed by atoms with Crippen LogP contribution < -0.4 is 14.3 Å². The minimum Gasteiger partial charge on any atom is -0.126 e. The highest BCUT2D eigenvalue weighted by Gasteiger charge is 2.66. The molecule has 1 atom stereocenters. The predicted molar refractivity (Wildman–Crippen MR) is 149 cm³/mol. The van der Waals surface area contributed by atoms with Gasteiger partial charge in [-0.05, 0) is 53.9 Å². The molecule has 7 rings (SSSR count). The summed E-state index contributed by atoms with van der Waals surface area (Å²) in [6.07, 6.45) is 4.76. The van der Waals surface area contributed by atoms with Crippen LogP contribution in [0.3, 0.4) is 0 Å². The number of benzene rings is 3. The molecule has 0 saturated heterocycles. The number of aryl methyl sites for hydroxylation is 1. The van der Waals surface area contributed by atoms with E-state index in [0.717, 1.165) is 0 Å².